The number of carbonyl (C=O) groups excluding carboxylic acids is 1. The van der Waals surface area contributed by atoms with Crippen molar-refractivity contribution in [2.45, 2.75) is 32.7 Å². The first-order chi connectivity index (χ1) is 11.2. The number of carbonyl (C=O) groups is 1. The quantitative estimate of drug-likeness (QED) is 0.784. The van der Waals surface area contributed by atoms with E-state index in [2.05, 4.69) is 10.3 Å². The maximum absolute atomic E-state index is 12.5. The van der Waals surface area contributed by atoms with Gasteiger partial charge in [-0.2, -0.15) is 0 Å². The Balaban J connectivity index is 1.69. The van der Waals surface area contributed by atoms with Crippen molar-refractivity contribution in [3.63, 3.8) is 0 Å². The van der Waals surface area contributed by atoms with Gasteiger partial charge in [0.25, 0.3) is 0 Å². The number of fused-ring (bicyclic) bond motifs is 1. The fourth-order valence-corrected chi connectivity index (χ4v) is 2.78. The van der Waals surface area contributed by atoms with Crippen LogP contribution in [0.25, 0.3) is 5.65 Å². The third-order valence-corrected chi connectivity index (χ3v) is 4.04. The zero-order chi connectivity index (χ0) is 16.2. The number of rotatable bonds is 5. The molecule has 1 N–H and O–H groups in total. The predicted molar refractivity (Wildman–Crippen MR) is 91.2 cm³/mol. The van der Waals surface area contributed by atoms with Crippen molar-refractivity contribution in [3.05, 3.63) is 71.7 Å². The van der Waals surface area contributed by atoms with Crippen LogP contribution in [0.4, 0.5) is 0 Å². The van der Waals surface area contributed by atoms with Crippen LogP contribution in [0.2, 0.25) is 0 Å². The largest absolute Gasteiger partial charge is 0.350 e. The first-order valence-corrected chi connectivity index (χ1v) is 7.94. The Morgan fingerprint density at radius 1 is 1.26 bits per heavy atom. The summed E-state index contributed by atoms with van der Waals surface area (Å²) in [4.78, 5) is 17.0. The number of aromatic nitrogens is 2. The maximum Gasteiger partial charge on any atom is 0.227 e. The molecule has 0 aliphatic carbocycles. The molecule has 0 aliphatic heterocycles. The number of hydrogen-bond donors (Lipinski definition) is 1. The minimum Gasteiger partial charge on any atom is -0.350 e. The number of nitrogens with one attached hydrogen (secondary N) is 1. The van der Waals surface area contributed by atoms with Gasteiger partial charge in [-0.3, -0.25) is 4.79 Å². The van der Waals surface area contributed by atoms with Gasteiger partial charge in [0.1, 0.15) is 5.65 Å². The number of hydrogen-bond acceptors (Lipinski definition) is 2. The molecule has 0 spiro atoms. The van der Waals surface area contributed by atoms with Crippen molar-refractivity contribution in [1.29, 1.82) is 0 Å². The molecule has 0 saturated carbocycles. The van der Waals surface area contributed by atoms with Crippen molar-refractivity contribution in [3.8, 4) is 0 Å². The lowest BCUT2D eigenvalue weighted by atomic mass is 9.96. The van der Waals surface area contributed by atoms with E-state index in [1.165, 1.54) is 5.56 Å². The van der Waals surface area contributed by atoms with Crippen LogP contribution in [0.1, 0.15) is 36.1 Å². The molecule has 3 rings (SSSR count). The van der Waals surface area contributed by atoms with E-state index >= 15 is 0 Å². The lowest BCUT2D eigenvalue weighted by Gasteiger charge is -2.14. The predicted octanol–water partition coefficient (Wildman–Crippen LogP) is 3.45. The molecule has 0 aliphatic rings. The smallest absolute Gasteiger partial charge is 0.227 e. The van der Waals surface area contributed by atoms with E-state index in [1.807, 2.05) is 73.1 Å². The summed E-state index contributed by atoms with van der Waals surface area (Å²) in [6, 6.07) is 14.0. The summed E-state index contributed by atoms with van der Waals surface area (Å²) < 4.78 is 1.98. The summed E-state index contributed by atoms with van der Waals surface area (Å²) in [5.41, 5.74) is 4.00. The van der Waals surface area contributed by atoms with Gasteiger partial charge in [-0.1, -0.05) is 37.3 Å². The molecule has 3 aromatic rings. The van der Waals surface area contributed by atoms with Gasteiger partial charge in [0.15, 0.2) is 0 Å². The Bertz CT molecular complexity index is 808. The number of amides is 1. The molecule has 0 bridgehead atoms. The van der Waals surface area contributed by atoms with E-state index in [9.17, 15) is 4.79 Å². The number of aryl methyl sites for hydroxylation is 1. The summed E-state index contributed by atoms with van der Waals surface area (Å²) in [7, 11) is 0. The minimum absolute atomic E-state index is 0.0481. The second kappa shape index (κ2) is 6.65. The van der Waals surface area contributed by atoms with E-state index in [0.717, 1.165) is 23.3 Å². The Kier molecular flexibility index (Phi) is 4.42. The highest BCUT2D eigenvalue weighted by atomic mass is 16.1. The fraction of sp³-hybridized carbons (Fsp3) is 0.263. The zero-order valence-electron chi connectivity index (χ0n) is 13.5. The van der Waals surface area contributed by atoms with Gasteiger partial charge in [0.2, 0.25) is 5.91 Å². The van der Waals surface area contributed by atoms with Crippen LogP contribution in [-0.4, -0.2) is 15.3 Å². The Labute approximate surface area is 136 Å². The van der Waals surface area contributed by atoms with Crippen LogP contribution in [0.15, 0.2) is 54.9 Å². The van der Waals surface area contributed by atoms with Gasteiger partial charge < -0.3 is 9.72 Å². The van der Waals surface area contributed by atoms with Crippen LogP contribution in [-0.2, 0) is 11.3 Å². The molecule has 23 heavy (non-hydrogen) atoms. The molecular formula is C19H21N3O. The zero-order valence-corrected chi connectivity index (χ0v) is 13.5. The number of benzene rings is 1. The number of pyridine rings is 1. The lowest BCUT2D eigenvalue weighted by molar-refractivity contribution is -0.122. The van der Waals surface area contributed by atoms with Crippen LogP contribution >= 0.6 is 0 Å². The lowest BCUT2D eigenvalue weighted by Crippen LogP contribution is -2.28. The highest BCUT2D eigenvalue weighted by Gasteiger charge is 2.18. The van der Waals surface area contributed by atoms with Gasteiger partial charge in [0.05, 0.1) is 18.2 Å². The molecule has 0 saturated heterocycles. The Hall–Kier alpha value is -2.62. The third-order valence-electron chi connectivity index (χ3n) is 4.04. The van der Waals surface area contributed by atoms with E-state index < -0.39 is 0 Å². The molecular weight excluding hydrogens is 286 g/mol. The average Bonchev–Trinajstić information content (AvgIpc) is 2.96. The minimum atomic E-state index is -0.115. The third kappa shape index (κ3) is 3.42. The van der Waals surface area contributed by atoms with Gasteiger partial charge in [-0.15, -0.1) is 0 Å². The summed E-state index contributed by atoms with van der Waals surface area (Å²) in [6.45, 7) is 4.52. The van der Waals surface area contributed by atoms with Crippen LogP contribution in [0, 0.1) is 6.92 Å². The van der Waals surface area contributed by atoms with Gasteiger partial charge in [-0.25, -0.2) is 4.98 Å². The summed E-state index contributed by atoms with van der Waals surface area (Å²) in [5.74, 6) is -0.0672. The maximum atomic E-state index is 12.5. The molecule has 1 amide bonds. The SMILES string of the molecule is CCC(C(=O)NCc1cn2ccc(C)cc2n1)c1ccccc1. The van der Waals surface area contributed by atoms with Crippen molar-refractivity contribution >= 4 is 11.6 Å². The molecule has 118 valence electrons. The van der Waals surface area contributed by atoms with Crippen molar-refractivity contribution in [1.82, 2.24) is 14.7 Å². The van der Waals surface area contributed by atoms with E-state index in [4.69, 9.17) is 0 Å². The van der Waals surface area contributed by atoms with Crippen molar-refractivity contribution in [2.24, 2.45) is 0 Å². The normalized spacial score (nSPS) is 12.3. The monoisotopic (exact) mass is 307 g/mol. The second-order valence-corrected chi connectivity index (χ2v) is 5.79. The first kappa shape index (κ1) is 15.3. The van der Waals surface area contributed by atoms with Crippen LogP contribution < -0.4 is 5.32 Å². The standard InChI is InChI=1S/C19H21N3O/c1-3-17(15-7-5-4-6-8-15)19(23)20-12-16-13-22-10-9-14(2)11-18(22)21-16/h4-11,13,17H,3,12H2,1-2H3,(H,20,23). The Morgan fingerprint density at radius 3 is 2.78 bits per heavy atom. The molecule has 1 unspecified atom stereocenters. The number of nitrogens with zero attached hydrogens (tertiary/aromatic N) is 2. The topological polar surface area (TPSA) is 46.4 Å². The van der Waals surface area contributed by atoms with Gasteiger partial charge in [0, 0.05) is 12.4 Å². The van der Waals surface area contributed by atoms with E-state index in [-0.39, 0.29) is 11.8 Å². The summed E-state index contributed by atoms with van der Waals surface area (Å²) in [6.07, 6.45) is 4.72. The summed E-state index contributed by atoms with van der Waals surface area (Å²) in [5, 5.41) is 3.01. The van der Waals surface area contributed by atoms with Crippen LogP contribution in [0.5, 0.6) is 0 Å². The molecule has 1 atom stereocenters. The highest BCUT2D eigenvalue weighted by Crippen LogP contribution is 2.19. The molecule has 0 fully saturated rings. The van der Waals surface area contributed by atoms with E-state index in [1.54, 1.807) is 0 Å². The average molecular weight is 307 g/mol. The Morgan fingerprint density at radius 2 is 2.04 bits per heavy atom. The molecule has 0 radical (unpaired) electrons. The molecule has 2 aromatic heterocycles. The fourth-order valence-electron chi connectivity index (χ4n) is 2.78. The summed E-state index contributed by atoms with van der Waals surface area (Å²) >= 11 is 0. The van der Waals surface area contributed by atoms with Gasteiger partial charge >= 0.3 is 0 Å². The molecule has 1 aromatic carbocycles. The van der Waals surface area contributed by atoms with Crippen LogP contribution in [0.3, 0.4) is 0 Å². The van der Waals surface area contributed by atoms with Gasteiger partial charge in [-0.05, 0) is 36.6 Å². The molecule has 4 heteroatoms. The van der Waals surface area contributed by atoms with E-state index in [0.29, 0.717) is 6.54 Å². The van der Waals surface area contributed by atoms with Crippen molar-refractivity contribution < 1.29 is 4.79 Å². The first-order valence-electron chi connectivity index (χ1n) is 7.94. The molecule has 2 heterocycles. The second-order valence-electron chi connectivity index (χ2n) is 5.79. The number of imidazole rings is 1. The molecule has 4 nitrogen and oxygen atoms in total. The van der Waals surface area contributed by atoms with Crippen molar-refractivity contribution in [2.75, 3.05) is 0 Å². The highest BCUT2D eigenvalue weighted by molar-refractivity contribution is 5.83.